The highest BCUT2D eigenvalue weighted by molar-refractivity contribution is 7.46. The topological polar surface area (TPSA) is 96.2 Å². The fourth-order valence-corrected chi connectivity index (χ4v) is 2.72. The van der Waals surface area contributed by atoms with Gasteiger partial charge in [-0.25, -0.2) is 9.45 Å². The third kappa shape index (κ3) is 33.8. The van der Waals surface area contributed by atoms with Crippen molar-refractivity contribution in [3.05, 3.63) is 12.2 Å². The molecule has 3 N–H and O–H groups in total. The van der Waals surface area contributed by atoms with Crippen molar-refractivity contribution >= 4 is 7.82 Å². The van der Waals surface area contributed by atoms with Crippen molar-refractivity contribution in [2.24, 2.45) is 0 Å². The average molecular weight is 411 g/mol. The highest BCUT2D eigenvalue weighted by atomic mass is 31.2. The van der Waals surface area contributed by atoms with Crippen LogP contribution in [0.25, 0.3) is 0 Å². The van der Waals surface area contributed by atoms with Crippen molar-refractivity contribution in [2.45, 2.75) is 104 Å². The number of phosphoric acid groups is 1. The lowest BCUT2D eigenvalue weighted by atomic mass is 10.1. The van der Waals surface area contributed by atoms with E-state index < -0.39 is 7.82 Å². The molecule has 0 amide bonds. The standard InChI is InChI=1S/C18H36O.C2H7O5P/c1-2-3-4-5-6-7-8-9-10-11-12-13-14-15-16-17-18-19;1-2-6-7-8(3,4)5/h9-10,19H,2-8,11-18H2,1H3;2H2,1H3,(H2,3,4,5)/b10-9-;. The van der Waals surface area contributed by atoms with Crippen LogP contribution in [0, 0.1) is 0 Å². The summed E-state index contributed by atoms with van der Waals surface area (Å²) < 4.78 is 13.3. The molecule has 0 rings (SSSR count). The molecule has 0 atom stereocenters. The van der Waals surface area contributed by atoms with Crippen LogP contribution in [0.5, 0.6) is 0 Å². The molecule has 0 unspecified atom stereocenters. The summed E-state index contributed by atoms with van der Waals surface area (Å²) >= 11 is 0. The van der Waals surface area contributed by atoms with Gasteiger partial charge in [-0.05, 0) is 39.0 Å². The van der Waals surface area contributed by atoms with Crippen LogP contribution in [0.2, 0.25) is 0 Å². The second kappa shape index (κ2) is 23.8. The number of hydrogen-bond acceptors (Lipinski definition) is 4. The molecular weight excluding hydrogens is 367 g/mol. The fraction of sp³-hybridized carbons (Fsp3) is 0.900. The average Bonchev–Trinajstić information content (AvgIpc) is 2.63. The Balaban J connectivity index is 0. The first-order chi connectivity index (χ1) is 13.0. The Morgan fingerprint density at radius 2 is 1.19 bits per heavy atom. The summed E-state index contributed by atoms with van der Waals surface area (Å²) in [6.45, 7) is 4.30. The smallest absolute Gasteiger partial charge is 0.396 e. The van der Waals surface area contributed by atoms with Gasteiger partial charge in [-0.15, -0.1) is 4.67 Å². The minimum atomic E-state index is -4.40. The zero-order chi connectivity index (χ0) is 20.6. The first-order valence-corrected chi connectivity index (χ1v) is 12.1. The molecule has 0 aliphatic heterocycles. The number of aliphatic hydroxyl groups is 1. The van der Waals surface area contributed by atoms with Crippen LogP contribution in [0.4, 0.5) is 0 Å². The summed E-state index contributed by atoms with van der Waals surface area (Å²) in [5.41, 5.74) is 0. The second-order valence-corrected chi connectivity index (χ2v) is 7.76. The SMILES string of the molecule is CCCCCCCC/C=C\CCCCCCCCO.CCOOP(=O)(O)O. The molecule has 0 aromatic heterocycles. The van der Waals surface area contributed by atoms with Crippen LogP contribution >= 0.6 is 7.82 Å². The molecule has 0 aromatic carbocycles. The predicted molar refractivity (Wildman–Crippen MR) is 111 cm³/mol. The van der Waals surface area contributed by atoms with Gasteiger partial charge in [-0.2, -0.15) is 0 Å². The van der Waals surface area contributed by atoms with Crippen LogP contribution in [-0.2, 0) is 14.1 Å². The summed E-state index contributed by atoms with van der Waals surface area (Å²) in [4.78, 5) is 19.8. The number of unbranched alkanes of at least 4 members (excludes halogenated alkanes) is 12. The van der Waals surface area contributed by atoms with Crippen molar-refractivity contribution in [2.75, 3.05) is 13.2 Å². The Morgan fingerprint density at radius 3 is 1.56 bits per heavy atom. The molecular formula is C20H43O6P. The van der Waals surface area contributed by atoms with Gasteiger partial charge < -0.3 is 14.9 Å². The zero-order valence-electron chi connectivity index (χ0n) is 17.5. The molecule has 0 saturated heterocycles. The van der Waals surface area contributed by atoms with Crippen molar-refractivity contribution in [3.63, 3.8) is 0 Å². The third-order valence-corrected chi connectivity index (χ3v) is 4.24. The highest BCUT2D eigenvalue weighted by Crippen LogP contribution is 2.35. The van der Waals surface area contributed by atoms with E-state index in [4.69, 9.17) is 14.9 Å². The largest absolute Gasteiger partial charge is 0.496 e. The predicted octanol–water partition coefficient (Wildman–Crippen LogP) is 6.06. The van der Waals surface area contributed by atoms with Gasteiger partial charge in [0.25, 0.3) is 0 Å². The van der Waals surface area contributed by atoms with Crippen LogP contribution in [0.15, 0.2) is 12.2 Å². The first-order valence-electron chi connectivity index (χ1n) is 10.6. The Hall–Kier alpha value is -0.230. The summed E-state index contributed by atoms with van der Waals surface area (Å²) in [7, 11) is -4.40. The van der Waals surface area contributed by atoms with Crippen LogP contribution < -0.4 is 0 Å². The molecule has 0 radical (unpaired) electrons. The van der Waals surface area contributed by atoms with Crippen molar-refractivity contribution in [3.8, 4) is 0 Å². The third-order valence-electron chi connectivity index (χ3n) is 3.94. The molecule has 0 saturated carbocycles. The van der Waals surface area contributed by atoms with Gasteiger partial charge >= 0.3 is 7.82 Å². The number of aliphatic hydroxyl groups excluding tert-OH is 1. The molecule has 0 aliphatic carbocycles. The number of hydrogen-bond donors (Lipinski definition) is 3. The van der Waals surface area contributed by atoms with Gasteiger partial charge in [-0.1, -0.05) is 76.9 Å². The Bertz CT molecular complexity index is 343. The molecule has 27 heavy (non-hydrogen) atoms. The maximum atomic E-state index is 9.74. The molecule has 0 aliphatic rings. The van der Waals surface area contributed by atoms with Gasteiger partial charge in [0.2, 0.25) is 0 Å². The molecule has 0 fully saturated rings. The van der Waals surface area contributed by atoms with Gasteiger partial charge in [0.05, 0.1) is 6.61 Å². The van der Waals surface area contributed by atoms with E-state index in [0.717, 1.165) is 6.42 Å². The zero-order valence-corrected chi connectivity index (χ0v) is 18.4. The monoisotopic (exact) mass is 410 g/mol. The van der Waals surface area contributed by atoms with E-state index in [1.807, 2.05) is 0 Å². The van der Waals surface area contributed by atoms with E-state index in [1.54, 1.807) is 6.92 Å². The number of allylic oxidation sites excluding steroid dienone is 2. The lowest BCUT2D eigenvalue weighted by Gasteiger charge is -1.99. The summed E-state index contributed by atoms with van der Waals surface area (Å²) in [6.07, 6.45) is 23.2. The summed E-state index contributed by atoms with van der Waals surface area (Å²) in [5.74, 6) is 0. The van der Waals surface area contributed by atoms with E-state index in [2.05, 4.69) is 28.6 Å². The van der Waals surface area contributed by atoms with Crippen LogP contribution in [-0.4, -0.2) is 28.1 Å². The lowest BCUT2D eigenvalue weighted by molar-refractivity contribution is -0.217. The molecule has 0 heterocycles. The van der Waals surface area contributed by atoms with E-state index in [0.29, 0.717) is 6.61 Å². The summed E-state index contributed by atoms with van der Waals surface area (Å²) in [6, 6.07) is 0. The molecule has 6 nitrogen and oxygen atoms in total. The lowest BCUT2D eigenvalue weighted by Crippen LogP contribution is -1.89. The minimum Gasteiger partial charge on any atom is -0.396 e. The van der Waals surface area contributed by atoms with E-state index in [9.17, 15) is 4.57 Å². The molecule has 7 heteroatoms. The number of rotatable bonds is 18. The highest BCUT2D eigenvalue weighted by Gasteiger charge is 2.13. The molecule has 0 aromatic rings. The maximum absolute atomic E-state index is 9.74. The van der Waals surface area contributed by atoms with Gasteiger partial charge in [0, 0.05) is 6.61 Å². The van der Waals surface area contributed by atoms with E-state index >= 15 is 0 Å². The molecule has 0 bridgehead atoms. The Labute approximate surface area is 166 Å². The van der Waals surface area contributed by atoms with Gasteiger partial charge in [0.1, 0.15) is 0 Å². The quantitative estimate of drug-likeness (QED) is 0.0835. The summed E-state index contributed by atoms with van der Waals surface area (Å²) in [5, 5.41) is 8.66. The van der Waals surface area contributed by atoms with Crippen LogP contribution in [0.3, 0.4) is 0 Å². The van der Waals surface area contributed by atoms with Gasteiger partial charge in [-0.3, -0.25) is 0 Å². The van der Waals surface area contributed by atoms with Gasteiger partial charge in [0.15, 0.2) is 0 Å². The van der Waals surface area contributed by atoms with E-state index in [-0.39, 0.29) is 6.61 Å². The normalized spacial score (nSPS) is 11.6. The molecule has 0 spiro atoms. The second-order valence-electron chi connectivity index (χ2n) is 6.63. The van der Waals surface area contributed by atoms with Crippen molar-refractivity contribution in [1.82, 2.24) is 0 Å². The van der Waals surface area contributed by atoms with E-state index in [1.165, 1.54) is 83.5 Å². The van der Waals surface area contributed by atoms with Crippen LogP contribution in [0.1, 0.15) is 104 Å². The Morgan fingerprint density at radius 1 is 0.741 bits per heavy atom. The first kappa shape index (κ1) is 29.0. The Kier molecular flexibility index (Phi) is 25.6. The van der Waals surface area contributed by atoms with Crippen molar-refractivity contribution in [1.29, 1.82) is 0 Å². The van der Waals surface area contributed by atoms with Crippen molar-refractivity contribution < 1.29 is 29.0 Å². The minimum absolute atomic E-state index is 0.116. The maximum Gasteiger partial charge on any atom is 0.496 e. The molecule has 164 valence electrons. The fourth-order valence-electron chi connectivity index (χ4n) is 2.48.